The van der Waals surface area contributed by atoms with E-state index in [1.54, 1.807) is 12.1 Å². The third-order valence-electron chi connectivity index (χ3n) is 2.09. The van der Waals surface area contributed by atoms with Gasteiger partial charge in [0.15, 0.2) is 0 Å². The van der Waals surface area contributed by atoms with Crippen LogP contribution < -0.4 is 4.74 Å². The number of hydrogen-bond donors (Lipinski definition) is 1. The second-order valence-corrected chi connectivity index (χ2v) is 5.32. The first-order valence-corrected chi connectivity index (χ1v) is 6.70. The Hall–Kier alpha value is -0.270. The van der Waals surface area contributed by atoms with E-state index in [-0.39, 0.29) is 19.6 Å². The molecule has 0 spiro atoms. The highest BCUT2D eigenvalue weighted by molar-refractivity contribution is 9.11. The van der Waals surface area contributed by atoms with Crippen LogP contribution in [0.2, 0.25) is 0 Å². The van der Waals surface area contributed by atoms with Gasteiger partial charge in [-0.15, -0.1) is 0 Å². The number of aliphatic hydroxyl groups is 1. The number of benzene rings is 1. The lowest BCUT2D eigenvalue weighted by Gasteiger charge is -2.12. The van der Waals surface area contributed by atoms with E-state index in [9.17, 15) is 13.2 Å². The van der Waals surface area contributed by atoms with Crippen molar-refractivity contribution in [3.63, 3.8) is 0 Å². The smallest absolute Gasteiger partial charge is 0.389 e. The molecule has 1 rings (SSSR count). The topological polar surface area (TPSA) is 29.5 Å². The van der Waals surface area contributed by atoms with Crippen molar-refractivity contribution in [3.8, 4) is 5.75 Å². The number of ether oxygens (including phenoxy) is 1. The van der Waals surface area contributed by atoms with Crippen LogP contribution in [-0.4, -0.2) is 17.9 Å². The zero-order chi connectivity index (χ0) is 13.8. The quantitative estimate of drug-likeness (QED) is 0.752. The lowest BCUT2D eigenvalue weighted by molar-refractivity contribution is -0.136. The maximum absolute atomic E-state index is 11.9. The van der Waals surface area contributed by atoms with Crippen LogP contribution >= 0.6 is 31.9 Å². The van der Waals surface area contributed by atoms with E-state index in [1.807, 2.05) is 0 Å². The summed E-state index contributed by atoms with van der Waals surface area (Å²) in [6.45, 7) is -0.138. The highest BCUT2D eigenvalue weighted by Crippen LogP contribution is 2.35. The first kappa shape index (κ1) is 15.8. The summed E-state index contributed by atoms with van der Waals surface area (Å²) in [6, 6.07) is 3.31. The first-order chi connectivity index (χ1) is 8.33. The van der Waals surface area contributed by atoms with Crippen molar-refractivity contribution in [2.45, 2.75) is 25.6 Å². The van der Waals surface area contributed by atoms with Gasteiger partial charge in [-0.1, -0.05) is 0 Å². The van der Waals surface area contributed by atoms with Crippen LogP contribution in [0.1, 0.15) is 18.4 Å². The monoisotopic (exact) mass is 390 g/mol. The van der Waals surface area contributed by atoms with E-state index in [2.05, 4.69) is 31.9 Å². The molecule has 0 aliphatic heterocycles. The Morgan fingerprint density at radius 1 is 1.17 bits per heavy atom. The number of aliphatic hydroxyl groups excluding tert-OH is 1. The van der Waals surface area contributed by atoms with Gasteiger partial charge >= 0.3 is 6.18 Å². The van der Waals surface area contributed by atoms with Crippen LogP contribution in [0.25, 0.3) is 0 Å². The van der Waals surface area contributed by atoms with Gasteiger partial charge in [0, 0.05) is 6.42 Å². The van der Waals surface area contributed by atoms with Crippen LogP contribution in [0, 0.1) is 0 Å². The van der Waals surface area contributed by atoms with Crippen LogP contribution in [0.5, 0.6) is 5.75 Å². The molecule has 7 heteroatoms. The molecule has 0 amide bonds. The third kappa shape index (κ3) is 5.16. The van der Waals surface area contributed by atoms with Gasteiger partial charge in [0.2, 0.25) is 0 Å². The number of alkyl halides is 3. The Morgan fingerprint density at radius 2 is 1.72 bits per heavy atom. The standard InChI is InChI=1S/C11H11Br2F3O2/c12-8-4-7(6-17)5-9(13)10(8)18-3-1-2-11(14,15)16/h4-5,17H,1-3,6H2. The Kier molecular flexibility index (Phi) is 5.94. The molecule has 1 N–H and O–H groups in total. The molecule has 1 aromatic carbocycles. The molecule has 0 aliphatic carbocycles. The molecule has 0 radical (unpaired) electrons. The molecule has 1 aromatic rings. The summed E-state index contributed by atoms with van der Waals surface area (Å²) in [4.78, 5) is 0. The fourth-order valence-electron chi connectivity index (χ4n) is 1.29. The van der Waals surface area contributed by atoms with Crippen LogP contribution in [-0.2, 0) is 6.61 Å². The fraction of sp³-hybridized carbons (Fsp3) is 0.455. The normalized spacial score (nSPS) is 11.7. The molecule has 0 saturated heterocycles. The van der Waals surface area contributed by atoms with Crippen LogP contribution in [0.15, 0.2) is 21.1 Å². The van der Waals surface area contributed by atoms with Crippen molar-refractivity contribution in [1.29, 1.82) is 0 Å². The second kappa shape index (κ2) is 6.77. The summed E-state index contributed by atoms with van der Waals surface area (Å²) >= 11 is 6.48. The molecular weight excluding hydrogens is 381 g/mol. The predicted octanol–water partition coefficient (Wildman–Crippen LogP) is 4.43. The van der Waals surface area contributed by atoms with E-state index in [0.717, 1.165) is 0 Å². The highest BCUT2D eigenvalue weighted by Gasteiger charge is 2.26. The van der Waals surface area contributed by atoms with Gasteiger partial charge in [0.05, 0.1) is 22.2 Å². The Labute approximate surface area is 119 Å². The minimum Gasteiger partial charge on any atom is -0.491 e. The Bertz CT molecular complexity index is 385. The van der Waals surface area contributed by atoms with Gasteiger partial charge < -0.3 is 9.84 Å². The van der Waals surface area contributed by atoms with E-state index >= 15 is 0 Å². The van der Waals surface area contributed by atoms with E-state index in [4.69, 9.17) is 9.84 Å². The molecular formula is C11H11Br2F3O2. The average molecular weight is 392 g/mol. The summed E-state index contributed by atoms with van der Waals surface area (Å²) < 4.78 is 42.3. The second-order valence-electron chi connectivity index (χ2n) is 3.61. The van der Waals surface area contributed by atoms with Crippen molar-refractivity contribution < 1.29 is 23.0 Å². The largest absolute Gasteiger partial charge is 0.491 e. The fourth-order valence-corrected chi connectivity index (χ4v) is 2.80. The molecule has 18 heavy (non-hydrogen) atoms. The average Bonchev–Trinajstić information content (AvgIpc) is 2.25. The third-order valence-corrected chi connectivity index (χ3v) is 3.27. The minimum atomic E-state index is -4.15. The zero-order valence-electron chi connectivity index (χ0n) is 9.23. The summed E-state index contributed by atoms with van der Waals surface area (Å²) in [6.07, 6.45) is -5.11. The van der Waals surface area contributed by atoms with Crippen molar-refractivity contribution in [2.24, 2.45) is 0 Å². The molecule has 0 bridgehead atoms. The van der Waals surface area contributed by atoms with Crippen LogP contribution in [0.4, 0.5) is 13.2 Å². The van der Waals surface area contributed by atoms with E-state index in [0.29, 0.717) is 20.3 Å². The molecule has 0 fully saturated rings. The van der Waals surface area contributed by atoms with Crippen molar-refractivity contribution in [3.05, 3.63) is 26.6 Å². The van der Waals surface area contributed by atoms with Crippen LogP contribution in [0.3, 0.4) is 0 Å². The van der Waals surface area contributed by atoms with Gasteiger partial charge in [-0.25, -0.2) is 0 Å². The Balaban J connectivity index is 2.57. The van der Waals surface area contributed by atoms with Crippen molar-refractivity contribution in [2.75, 3.05) is 6.61 Å². The molecule has 0 saturated carbocycles. The first-order valence-electron chi connectivity index (χ1n) is 5.12. The molecule has 0 atom stereocenters. The summed E-state index contributed by atoms with van der Waals surface area (Å²) in [5.41, 5.74) is 0.677. The molecule has 0 heterocycles. The van der Waals surface area contributed by atoms with Gasteiger partial charge in [-0.3, -0.25) is 0 Å². The van der Waals surface area contributed by atoms with Gasteiger partial charge in [-0.2, -0.15) is 13.2 Å². The summed E-state index contributed by atoms with van der Waals surface area (Å²) in [5, 5.41) is 8.97. The lowest BCUT2D eigenvalue weighted by Crippen LogP contribution is -2.10. The van der Waals surface area contributed by atoms with Gasteiger partial charge in [0.25, 0.3) is 0 Å². The lowest BCUT2D eigenvalue weighted by atomic mass is 10.2. The van der Waals surface area contributed by atoms with E-state index in [1.165, 1.54) is 0 Å². The molecule has 102 valence electrons. The Morgan fingerprint density at radius 3 is 2.17 bits per heavy atom. The van der Waals surface area contributed by atoms with Crippen molar-refractivity contribution >= 4 is 31.9 Å². The molecule has 0 aliphatic rings. The number of rotatable bonds is 5. The molecule has 2 nitrogen and oxygen atoms in total. The van der Waals surface area contributed by atoms with Gasteiger partial charge in [0.1, 0.15) is 5.75 Å². The maximum atomic E-state index is 11.9. The SMILES string of the molecule is OCc1cc(Br)c(OCCCC(F)(F)F)c(Br)c1. The molecule has 0 aromatic heterocycles. The molecule has 0 unspecified atom stereocenters. The number of hydrogen-bond acceptors (Lipinski definition) is 2. The summed E-state index contributed by atoms with van der Waals surface area (Å²) in [5.74, 6) is 0.439. The minimum absolute atomic E-state index is 0.0187. The zero-order valence-corrected chi connectivity index (χ0v) is 12.4. The van der Waals surface area contributed by atoms with Crippen molar-refractivity contribution in [1.82, 2.24) is 0 Å². The van der Waals surface area contributed by atoms with E-state index < -0.39 is 12.6 Å². The predicted molar refractivity (Wildman–Crippen MR) is 68.5 cm³/mol. The van der Waals surface area contributed by atoms with Gasteiger partial charge in [-0.05, 0) is 56.0 Å². The maximum Gasteiger partial charge on any atom is 0.389 e. The highest BCUT2D eigenvalue weighted by atomic mass is 79.9. The number of halogens is 5. The summed E-state index contributed by atoms with van der Waals surface area (Å²) in [7, 11) is 0.